The molecular weight excluding hydrogens is 386 g/mol. The average molecular weight is 410 g/mol. The van der Waals surface area contributed by atoms with Crippen LogP contribution in [0.3, 0.4) is 0 Å². The van der Waals surface area contributed by atoms with Crippen molar-refractivity contribution in [2.75, 3.05) is 23.8 Å². The van der Waals surface area contributed by atoms with Gasteiger partial charge in [-0.15, -0.1) is 11.8 Å². The van der Waals surface area contributed by atoms with Crippen LogP contribution in [0.5, 0.6) is 0 Å². The highest BCUT2D eigenvalue weighted by Gasteiger charge is 2.33. The van der Waals surface area contributed by atoms with Crippen molar-refractivity contribution < 1.29 is 13.2 Å². The normalized spacial score (nSPS) is 18.7. The maximum atomic E-state index is 12.5. The number of carbonyl (C=O) groups excluding carboxylic acids is 1. The first kappa shape index (κ1) is 19.9. The lowest BCUT2D eigenvalue weighted by Gasteiger charge is -2.26. The molecule has 0 spiro atoms. The lowest BCUT2D eigenvalue weighted by atomic mass is 10.2. The summed E-state index contributed by atoms with van der Waals surface area (Å²) in [4.78, 5) is 30.9. The molecule has 1 saturated heterocycles. The fraction of sp³-hybridized carbons (Fsp3) is 0.500. The number of nitrogens with zero attached hydrogens (tertiary/aromatic N) is 3. The molecule has 1 fully saturated rings. The minimum Gasteiger partial charge on any atom is -0.338 e. The van der Waals surface area contributed by atoms with Gasteiger partial charge in [0.25, 0.3) is 5.56 Å². The van der Waals surface area contributed by atoms with Crippen LogP contribution in [0.25, 0.3) is 5.65 Å². The van der Waals surface area contributed by atoms with Gasteiger partial charge in [0, 0.05) is 30.6 Å². The number of hydrogen-bond donors (Lipinski definition) is 0. The van der Waals surface area contributed by atoms with Crippen molar-refractivity contribution in [3.8, 4) is 0 Å². The summed E-state index contributed by atoms with van der Waals surface area (Å²) in [7, 11) is -3.02. The lowest BCUT2D eigenvalue weighted by molar-refractivity contribution is -0.129. The van der Waals surface area contributed by atoms with E-state index in [1.165, 1.54) is 22.2 Å². The molecule has 3 heterocycles. The van der Waals surface area contributed by atoms with Gasteiger partial charge in [0.05, 0.1) is 23.0 Å². The van der Waals surface area contributed by atoms with E-state index in [-0.39, 0.29) is 34.8 Å². The summed E-state index contributed by atoms with van der Waals surface area (Å²) in [6.07, 6.45) is 2.26. The van der Waals surface area contributed by atoms with Gasteiger partial charge in [-0.25, -0.2) is 13.4 Å². The standard InChI is InChI=1S/C18H23N3O4S2/c1-3-20(15-6-7-27(24,25)12-15)18(23)11-26-10-14-8-17(22)21-9-13(2)4-5-16(21)19-14/h4-5,8-9,15H,3,6-7,10-12H2,1-2H3/t15-/m0/s1. The Morgan fingerprint density at radius 2 is 2.19 bits per heavy atom. The van der Waals surface area contributed by atoms with E-state index in [4.69, 9.17) is 0 Å². The van der Waals surface area contributed by atoms with E-state index in [2.05, 4.69) is 4.98 Å². The van der Waals surface area contributed by atoms with Crippen LogP contribution in [-0.2, 0) is 20.4 Å². The summed E-state index contributed by atoms with van der Waals surface area (Å²) >= 11 is 1.39. The molecule has 0 radical (unpaired) electrons. The lowest BCUT2D eigenvalue weighted by Crippen LogP contribution is -2.42. The molecule has 1 amide bonds. The van der Waals surface area contributed by atoms with E-state index in [1.54, 1.807) is 17.2 Å². The van der Waals surface area contributed by atoms with Crippen LogP contribution in [0, 0.1) is 6.92 Å². The molecule has 0 saturated carbocycles. The Kier molecular flexibility index (Phi) is 5.90. The third-order valence-corrected chi connectivity index (χ3v) is 7.35. The highest BCUT2D eigenvalue weighted by molar-refractivity contribution is 7.99. The zero-order valence-corrected chi connectivity index (χ0v) is 17.1. The molecule has 146 valence electrons. The van der Waals surface area contributed by atoms with Gasteiger partial charge in [0.2, 0.25) is 5.91 Å². The molecule has 2 aromatic heterocycles. The molecule has 0 N–H and O–H groups in total. The first-order chi connectivity index (χ1) is 12.8. The summed E-state index contributed by atoms with van der Waals surface area (Å²) in [6, 6.07) is 4.97. The van der Waals surface area contributed by atoms with Crippen molar-refractivity contribution in [1.29, 1.82) is 0 Å². The molecule has 1 aliphatic heterocycles. The van der Waals surface area contributed by atoms with E-state index in [1.807, 2.05) is 19.9 Å². The van der Waals surface area contributed by atoms with Crippen LogP contribution in [0.2, 0.25) is 0 Å². The van der Waals surface area contributed by atoms with E-state index >= 15 is 0 Å². The zero-order valence-electron chi connectivity index (χ0n) is 15.4. The quantitative estimate of drug-likeness (QED) is 0.714. The van der Waals surface area contributed by atoms with Gasteiger partial charge in [-0.05, 0) is 31.9 Å². The predicted octanol–water partition coefficient (Wildman–Crippen LogP) is 1.27. The molecule has 2 aromatic rings. The molecule has 0 unspecified atom stereocenters. The van der Waals surface area contributed by atoms with Gasteiger partial charge in [-0.3, -0.25) is 14.0 Å². The van der Waals surface area contributed by atoms with Gasteiger partial charge in [0.1, 0.15) is 5.65 Å². The van der Waals surface area contributed by atoms with E-state index in [0.29, 0.717) is 30.1 Å². The minimum absolute atomic E-state index is 0.0552. The first-order valence-electron chi connectivity index (χ1n) is 8.85. The number of fused-ring (bicyclic) bond motifs is 1. The van der Waals surface area contributed by atoms with Gasteiger partial charge < -0.3 is 4.90 Å². The van der Waals surface area contributed by atoms with Crippen molar-refractivity contribution in [3.63, 3.8) is 0 Å². The Balaban J connectivity index is 1.62. The number of pyridine rings is 1. The van der Waals surface area contributed by atoms with E-state index in [0.717, 1.165) is 5.56 Å². The Morgan fingerprint density at radius 1 is 1.41 bits per heavy atom. The summed E-state index contributed by atoms with van der Waals surface area (Å²) < 4.78 is 24.8. The van der Waals surface area contributed by atoms with Gasteiger partial charge in [0.15, 0.2) is 9.84 Å². The predicted molar refractivity (Wildman–Crippen MR) is 107 cm³/mol. The maximum absolute atomic E-state index is 12.5. The molecule has 0 aromatic carbocycles. The Morgan fingerprint density at radius 3 is 2.85 bits per heavy atom. The number of thioether (sulfide) groups is 1. The number of sulfone groups is 1. The topological polar surface area (TPSA) is 88.8 Å². The first-order valence-corrected chi connectivity index (χ1v) is 11.8. The fourth-order valence-corrected chi connectivity index (χ4v) is 5.85. The third-order valence-electron chi connectivity index (χ3n) is 4.65. The SMILES string of the molecule is CCN(C(=O)CSCc1cc(=O)n2cc(C)ccc2n1)[C@H]1CCS(=O)(=O)C1. The smallest absolute Gasteiger partial charge is 0.258 e. The molecule has 1 aliphatic rings. The third kappa shape index (κ3) is 4.70. The number of carbonyl (C=O) groups is 1. The summed E-state index contributed by atoms with van der Waals surface area (Å²) in [5.41, 5.74) is 2.05. The summed E-state index contributed by atoms with van der Waals surface area (Å²) in [5, 5.41) is 0. The molecule has 1 atom stereocenters. The van der Waals surface area contributed by atoms with Crippen molar-refractivity contribution >= 4 is 33.2 Å². The van der Waals surface area contributed by atoms with Crippen molar-refractivity contribution in [3.05, 3.63) is 46.0 Å². The largest absolute Gasteiger partial charge is 0.338 e. The molecule has 9 heteroatoms. The Labute approximate surface area is 162 Å². The molecule has 0 aliphatic carbocycles. The molecule has 27 heavy (non-hydrogen) atoms. The second-order valence-corrected chi connectivity index (χ2v) is 9.96. The highest BCUT2D eigenvalue weighted by atomic mass is 32.2. The fourth-order valence-electron chi connectivity index (χ4n) is 3.32. The molecule has 7 nitrogen and oxygen atoms in total. The highest BCUT2D eigenvalue weighted by Crippen LogP contribution is 2.19. The van der Waals surface area contributed by atoms with Crippen LogP contribution < -0.4 is 5.56 Å². The number of rotatable bonds is 6. The van der Waals surface area contributed by atoms with Crippen molar-refractivity contribution in [2.45, 2.75) is 32.1 Å². The summed E-state index contributed by atoms with van der Waals surface area (Å²) in [5.74, 6) is 0.821. The van der Waals surface area contributed by atoms with E-state index in [9.17, 15) is 18.0 Å². The van der Waals surface area contributed by atoms with Gasteiger partial charge in [-0.1, -0.05) is 6.07 Å². The average Bonchev–Trinajstić information content (AvgIpc) is 2.96. The second-order valence-electron chi connectivity index (χ2n) is 6.75. The maximum Gasteiger partial charge on any atom is 0.258 e. The Hall–Kier alpha value is -1.87. The van der Waals surface area contributed by atoms with Crippen LogP contribution in [0.15, 0.2) is 29.2 Å². The number of aromatic nitrogens is 2. The monoisotopic (exact) mass is 409 g/mol. The molecule has 0 bridgehead atoms. The Bertz CT molecular complexity index is 1020. The van der Waals surface area contributed by atoms with Gasteiger partial charge >= 0.3 is 0 Å². The van der Waals surface area contributed by atoms with Crippen LogP contribution in [-0.4, -0.2) is 58.5 Å². The van der Waals surface area contributed by atoms with Gasteiger partial charge in [-0.2, -0.15) is 0 Å². The minimum atomic E-state index is -3.02. The van der Waals surface area contributed by atoms with Crippen LogP contribution in [0.4, 0.5) is 0 Å². The number of amides is 1. The van der Waals surface area contributed by atoms with Crippen molar-refractivity contribution in [1.82, 2.24) is 14.3 Å². The molecular formula is C18H23N3O4S2. The van der Waals surface area contributed by atoms with Crippen molar-refractivity contribution in [2.24, 2.45) is 0 Å². The summed E-state index contributed by atoms with van der Waals surface area (Å²) in [6.45, 7) is 4.27. The van der Waals surface area contributed by atoms with E-state index < -0.39 is 9.84 Å². The number of aryl methyl sites for hydroxylation is 1. The number of hydrogen-bond acceptors (Lipinski definition) is 6. The molecule has 3 rings (SSSR count). The van der Waals surface area contributed by atoms with Crippen LogP contribution >= 0.6 is 11.8 Å². The van der Waals surface area contributed by atoms with Crippen LogP contribution in [0.1, 0.15) is 24.6 Å². The second kappa shape index (κ2) is 8.02. The zero-order chi connectivity index (χ0) is 19.6.